The summed E-state index contributed by atoms with van der Waals surface area (Å²) in [5, 5.41) is 12.4. The molecule has 0 saturated heterocycles. The van der Waals surface area contributed by atoms with Gasteiger partial charge in [0, 0.05) is 17.0 Å². The second kappa shape index (κ2) is 5.75. The van der Waals surface area contributed by atoms with Gasteiger partial charge in [-0.3, -0.25) is 4.79 Å². The molecular weight excluding hydrogens is 298 g/mol. The second-order valence-corrected chi connectivity index (χ2v) is 7.22. The van der Waals surface area contributed by atoms with E-state index in [0.29, 0.717) is 0 Å². The second-order valence-electron chi connectivity index (χ2n) is 7.22. The fourth-order valence-electron chi connectivity index (χ4n) is 4.30. The van der Waals surface area contributed by atoms with E-state index in [0.717, 1.165) is 36.1 Å². The minimum absolute atomic E-state index is 0.0100. The lowest BCUT2D eigenvalue weighted by Gasteiger charge is -2.26. The average molecular weight is 321 g/mol. The molecule has 2 aliphatic rings. The first-order valence-electron chi connectivity index (χ1n) is 8.74. The van der Waals surface area contributed by atoms with Gasteiger partial charge in [0.2, 0.25) is 5.91 Å². The molecular formula is C21H23NO2. The van der Waals surface area contributed by atoms with Gasteiger partial charge in [0.25, 0.3) is 0 Å². The Labute approximate surface area is 142 Å². The van der Waals surface area contributed by atoms with Gasteiger partial charge in [-0.05, 0) is 60.9 Å². The van der Waals surface area contributed by atoms with Gasteiger partial charge in [0.05, 0.1) is 6.61 Å². The lowest BCUT2D eigenvalue weighted by molar-refractivity contribution is -0.117. The summed E-state index contributed by atoms with van der Waals surface area (Å²) in [6.45, 7) is 1.97. The molecule has 2 aliphatic carbocycles. The number of aliphatic hydroxyl groups is 1. The number of hydrogen-bond donors (Lipinski definition) is 2. The Morgan fingerprint density at radius 2 is 2.12 bits per heavy atom. The zero-order valence-electron chi connectivity index (χ0n) is 14.0. The fraction of sp³-hybridized carbons (Fsp3) is 0.381. The van der Waals surface area contributed by atoms with Gasteiger partial charge in [0.1, 0.15) is 0 Å². The van der Waals surface area contributed by atoms with Crippen molar-refractivity contribution in [1.29, 1.82) is 0 Å². The van der Waals surface area contributed by atoms with Crippen LogP contribution in [0.1, 0.15) is 41.5 Å². The van der Waals surface area contributed by atoms with Crippen LogP contribution in [-0.4, -0.2) is 11.0 Å². The number of hydrogen-bond acceptors (Lipinski definition) is 2. The van der Waals surface area contributed by atoms with Crippen molar-refractivity contribution in [3.63, 3.8) is 0 Å². The molecule has 124 valence electrons. The van der Waals surface area contributed by atoms with Crippen molar-refractivity contribution in [2.45, 2.75) is 44.6 Å². The number of rotatable bonds is 3. The molecule has 0 bridgehead atoms. The van der Waals surface area contributed by atoms with E-state index < -0.39 is 0 Å². The highest BCUT2D eigenvalue weighted by Crippen LogP contribution is 2.60. The van der Waals surface area contributed by atoms with Crippen molar-refractivity contribution in [1.82, 2.24) is 0 Å². The predicted molar refractivity (Wildman–Crippen MR) is 94.9 cm³/mol. The van der Waals surface area contributed by atoms with Crippen LogP contribution in [0.2, 0.25) is 0 Å². The predicted octanol–water partition coefficient (Wildman–Crippen LogP) is 3.72. The fourth-order valence-corrected chi connectivity index (χ4v) is 4.30. The summed E-state index contributed by atoms with van der Waals surface area (Å²) in [5.41, 5.74) is 5.53. The molecule has 0 aromatic heterocycles. The number of amides is 1. The lowest BCUT2D eigenvalue weighted by atomic mass is 9.78. The molecule has 0 aliphatic heterocycles. The van der Waals surface area contributed by atoms with Crippen LogP contribution in [-0.2, 0) is 23.2 Å². The summed E-state index contributed by atoms with van der Waals surface area (Å²) < 4.78 is 0. The molecule has 2 unspecified atom stereocenters. The van der Waals surface area contributed by atoms with E-state index in [9.17, 15) is 9.90 Å². The van der Waals surface area contributed by atoms with Crippen LogP contribution in [0, 0.1) is 12.8 Å². The number of aryl methyl sites for hydroxylation is 2. The highest BCUT2D eigenvalue weighted by Gasteiger charge is 2.60. The molecule has 2 N–H and O–H groups in total. The summed E-state index contributed by atoms with van der Waals surface area (Å²) in [4.78, 5) is 12.8. The quantitative estimate of drug-likeness (QED) is 0.905. The molecule has 1 amide bonds. The van der Waals surface area contributed by atoms with Crippen LogP contribution < -0.4 is 5.32 Å². The van der Waals surface area contributed by atoms with E-state index in [1.807, 2.05) is 25.1 Å². The van der Waals surface area contributed by atoms with Crippen molar-refractivity contribution < 1.29 is 9.90 Å². The SMILES string of the molecule is Cc1ccc(CO)cc1NC(=O)C1CC12CCCc1ccccc12. The Morgan fingerprint density at radius 1 is 1.29 bits per heavy atom. The van der Waals surface area contributed by atoms with Crippen molar-refractivity contribution >= 4 is 11.6 Å². The number of fused-ring (bicyclic) bond motifs is 2. The molecule has 3 heteroatoms. The largest absolute Gasteiger partial charge is 0.392 e. The van der Waals surface area contributed by atoms with Gasteiger partial charge in [0.15, 0.2) is 0 Å². The molecule has 3 nitrogen and oxygen atoms in total. The summed E-state index contributed by atoms with van der Waals surface area (Å²) >= 11 is 0. The lowest BCUT2D eigenvalue weighted by Crippen LogP contribution is -2.25. The Morgan fingerprint density at radius 3 is 2.96 bits per heavy atom. The molecule has 2 aromatic rings. The molecule has 2 aromatic carbocycles. The topological polar surface area (TPSA) is 49.3 Å². The average Bonchev–Trinajstić information content (AvgIpc) is 3.32. The first-order valence-corrected chi connectivity index (χ1v) is 8.74. The van der Waals surface area contributed by atoms with Gasteiger partial charge in [-0.25, -0.2) is 0 Å². The van der Waals surface area contributed by atoms with Crippen molar-refractivity contribution in [3.8, 4) is 0 Å². The first-order chi connectivity index (χ1) is 11.6. The smallest absolute Gasteiger partial charge is 0.228 e. The van der Waals surface area contributed by atoms with E-state index in [2.05, 4.69) is 29.6 Å². The molecule has 0 radical (unpaired) electrons. The van der Waals surface area contributed by atoms with Crippen LogP contribution >= 0.6 is 0 Å². The highest BCUT2D eigenvalue weighted by atomic mass is 16.3. The third-order valence-corrected chi connectivity index (χ3v) is 5.76. The van der Waals surface area contributed by atoms with Crippen LogP contribution in [0.4, 0.5) is 5.69 Å². The number of anilines is 1. The third-order valence-electron chi connectivity index (χ3n) is 5.76. The first kappa shape index (κ1) is 15.4. The van der Waals surface area contributed by atoms with Gasteiger partial charge < -0.3 is 10.4 Å². The van der Waals surface area contributed by atoms with Crippen molar-refractivity contribution in [3.05, 3.63) is 64.7 Å². The van der Waals surface area contributed by atoms with E-state index in [1.165, 1.54) is 17.5 Å². The number of aliphatic hydroxyl groups excluding tert-OH is 1. The minimum Gasteiger partial charge on any atom is -0.392 e. The Kier molecular flexibility index (Phi) is 3.69. The maximum Gasteiger partial charge on any atom is 0.228 e. The number of carbonyl (C=O) groups is 1. The monoisotopic (exact) mass is 321 g/mol. The van der Waals surface area contributed by atoms with Gasteiger partial charge in [-0.1, -0.05) is 36.4 Å². The van der Waals surface area contributed by atoms with Crippen molar-refractivity contribution in [2.75, 3.05) is 5.32 Å². The summed E-state index contributed by atoms with van der Waals surface area (Å²) in [6.07, 6.45) is 4.36. The molecule has 4 rings (SSSR count). The Hall–Kier alpha value is -2.13. The molecule has 1 fully saturated rings. The van der Waals surface area contributed by atoms with Crippen LogP contribution in [0.15, 0.2) is 42.5 Å². The zero-order valence-corrected chi connectivity index (χ0v) is 14.0. The molecule has 24 heavy (non-hydrogen) atoms. The van der Waals surface area contributed by atoms with E-state index in [-0.39, 0.29) is 23.8 Å². The third kappa shape index (κ3) is 2.44. The van der Waals surface area contributed by atoms with E-state index in [1.54, 1.807) is 0 Å². The van der Waals surface area contributed by atoms with Crippen LogP contribution in [0.25, 0.3) is 0 Å². The normalized spacial score (nSPS) is 24.5. The van der Waals surface area contributed by atoms with Crippen LogP contribution in [0.3, 0.4) is 0 Å². The molecule has 1 spiro atoms. The highest BCUT2D eigenvalue weighted by molar-refractivity contribution is 5.97. The van der Waals surface area contributed by atoms with E-state index in [4.69, 9.17) is 0 Å². The molecule has 1 saturated carbocycles. The standard InChI is InChI=1S/C21H23NO2/c1-14-8-9-15(13-23)11-19(14)22-20(24)18-12-21(18)10-4-6-16-5-2-3-7-17(16)21/h2-3,5,7-9,11,18,23H,4,6,10,12-13H2,1H3,(H,22,24). The Bertz CT molecular complexity index is 798. The molecule has 2 atom stereocenters. The number of nitrogens with one attached hydrogen (secondary N) is 1. The summed E-state index contributed by atoms with van der Waals surface area (Å²) in [7, 11) is 0. The van der Waals surface area contributed by atoms with E-state index >= 15 is 0 Å². The number of carbonyl (C=O) groups excluding carboxylic acids is 1. The zero-order chi connectivity index (χ0) is 16.7. The minimum atomic E-state index is -0.0100. The van der Waals surface area contributed by atoms with Gasteiger partial charge >= 0.3 is 0 Å². The van der Waals surface area contributed by atoms with Gasteiger partial charge in [-0.15, -0.1) is 0 Å². The summed E-state index contributed by atoms with van der Waals surface area (Å²) in [5.74, 6) is 0.182. The molecule has 0 heterocycles. The van der Waals surface area contributed by atoms with Crippen molar-refractivity contribution in [2.24, 2.45) is 5.92 Å². The summed E-state index contributed by atoms with van der Waals surface area (Å²) in [6, 6.07) is 14.3. The maximum atomic E-state index is 12.8. The maximum absolute atomic E-state index is 12.8. The number of benzene rings is 2. The Balaban J connectivity index is 1.56. The van der Waals surface area contributed by atoms with Crippen LogP contribution in [0.5, 0.6) is 0 Å². The van der Waals surface area contributed by atoms with Gasteiger partial charge in [-0.2, -0.15) is 0 Å².